The van der Waals surface area contributed by atoms with Crippen LogP contribution in [0.4, 0.5) is 0 Å². The Labute approximate surface area is 81.7 Å². The third-order valence-corrected chi connectivity index (χ3v) is 1.90. The van der Waals surface area contributed by atoms with Crippen molar-refractivity contribution < 1.29 is 9.53 Å². The number of aliphatic imine (C=N–C) groups is 1. The van der Waals surface area contributed by atoms with Crippen LogP contribution in [0, 0.1) is 0 Å². The molecule has 1 unspecified atom stereocenters. The largest absolute Gasteiger partial charge is 0.487 e. The van der Waals surface area contributed by atoms with Gasteiger partial charge in [0.15, 0.2) is 6.10 Å². The number of carbonyl (C=O) groups is 1. The molecule has 1 aliphatic heterocycles. The Morgan fingerprint density at radius 1 is 1.21 bits per heavy atom. The third kappa shape index (κ3) is 1.88. The van der Waals surface area contributed by atoms with Crippen molar-refractivity contribution in [2.75, 3.05) is 0 Å². The van der Waals surface area contributed by atoms with Crippen LogP contribution < -0.4 is 0 Å². The molecule has 70 valence electrons. The average Bonchev–Trinajstić information content (AvgIpc) is 2.44. The van der Waals surface area contributed by atoms with Gasteiger partial charge in [0.25, 0.3) is 5.91 Å². The molecule has 0 radical (unpaired) electrons. The van der Waals surface area contributed by atoms with E-state index in [2.05, 4.69) is 4.99 Å². The zero-order chi connectivity index (χ0) is 9.80. The number of benzene rings is 1. The number of carbonyl (C=O) groups excluding carboxylic acids is 1. The molecule has 0 N–H and O–H groups in total. The lowest BCUT2D eigenvalue weighted by Crippen LogP contribution is -2.00. The second-order valence-corrected chi connectivity index (χ2v) is 2.89. The van der Waals surface area contributed by atoms with Gasteiger partial charge in [0.05, 0.1) is 12.5 Å². The van der Waals surface area contributed by atoms with Crippen LogP contribution in [0.15, 0.2) is 47.7 Å². The van der Waals surface area contributed by atoms with E-state index in [1.807, 2.05) is 30.3 Å². The summed E-state index contributed by atoms with van der Waals surface area (Å²) >= 11 is 0. The minimum absolute atomic E-state index is 0.265. The summed E-state index contributed by atoms with van der Waals surface area (Å²) in [5.41, 5.74) is 0.982. The van der Waals surface area contributed by atoms with E-state index in [4.69, 9.17) is 4.74 Å². The first-order chi connectivity index (χ1) is 6.86. The van der Waals surface area contributed by atoms with Gasteiger partial charge < -0.3 is 4.74 Å². The molecule has 1 aromatic carbocycles. The van der Waals surface area contributed by atoms with Crippen LogP contribution in [0.1, 0.15) is 11.7 Å². The molecular weight excluding hydrogens is 178 g/mol. The molecule has 0 bridgehead atoms. The maximum Gasteiger partial charge on any atom is 0.272 e. The first kappa shape index (κ1) is 8.69. The van der Waals surface area contributed by atoms with Crippen molar-refractivity contribution in [1.82, 2.24) is 0 Å². The van der Waals surface area contributed by atoms with Crippen molar-refractivity contribution in [3.8, 4) is 0 Å². The molecule has 1 amide bonds. The molecule has 1 aromatic rings. The lowest BCUT2D eigenvalue weighted by Gasteiger charge is -2.09. The number of amides is 1. The standard InChI is InChI=1S/C11H9NO2/c13-11-6-7-14-10(8-12-11)9-4-2-1-3-5-9/h1-8,10H. The highest BCUT2D eigenvalue weighted by Gasteiger charge is 2.10. The third-order valence-electron chi connectivity index (χ3n) is 1.90. The summed E-state index contributed by atoms with van der Waals surface area (Å²) in [5, 5.41) is 0. The number of rotatable bonds is 1. The maximum atomic E-state index is 10.9. The number of hydrogen-bond donors (Lipinski definition) is 0. The van der Waals surface area contributed by atoms with Crippen LogP contribution >= 0.6 is 0 Å². The molecule has 2 rings (SSSR count). The normalized spacial score (nSPS) is 20.3. The van der Waals surface area contributed by atoms with Gasteiger partial charge in [-0.2, -0.15) is 0 Å². The fourth-order valence-corrected chi connectivity index (χ4v) is 1.21. The molecule has 1 atom stereocenters. The molecule has 14 heavy (non-hydrogen) atoms. The molecule has 1 aliphatic rings. The fraction of sp³-hybridized carbons (Fsp3) is 0.0909. The molecule has 3 nitrogen and oxygen atoms in total. The summed E-state index contributed by atoms with van der Waals surface area (Å²) in [6.45, 7) is 0. The van der Waals surface area contributed by atoms with E-state index >= 15 is 0 Å². The van der Waals surface area contributed by atoms with Gasteiger partial charge >= 0.3 is 0 Å². The van der Waals surface area contributed by atoms with Crippen LogP contribution in [0.25, 0.3) is 0 Å². The van der Waals surface area contributed by atoms with E-state index in [9.17, 15) is 4.79 Å². The van der Waals surface area contributed by atoms with Crippen LogP contribution in [-0.2, 0) is 9.53 Å². The molecule has 0 saturated carbocycles. The topological polar surface area (TPSA) is 38.7 Å². The highest BCUT2D eigenvalue weighted by Crippen LogP contribution is 2.16. The Morgan fingerprint density at radius 2 is 2.00 bits per heavy atom. The van der Waals surface area contributed by atoms with Crippen molar-refractivity contribution in [3.05, 3.63) is 48.2 Å². The summed E-state index contributed by atoms with van der Waals surface area (Å²) < 4.78 is 5.31. The van der Waals surface area contributed by atoms with Gasteiger partial charge in [-0.15, -0.1) is 0 Å². The molecular formula is C11H9NO2. The van der Waals surface area contributed by atoms with Crippen LogP contribution in [-0.4, -0.2) is 12.1 Å². The van der Waals surface area contributed by atoms with Gasteiger partial charge in [0, 0.05) is 6.08 Å². The summed E-state index contributed by atoms with van der Waals surface area (Å²) in [4.78, 5) is 14.6. The molecule has 0 spiro atoms. The second kappa shape index (κ2) is 3.87. The van der Waals surface area contributed by atoms with E-state index in [-0.39, 0.29) is 12.0 Å². The Bertz CT molecular complexity index is 382. The molecule has 0 fully saturated rings. The highest BCUT2D eigenvalue weighted by molar-refractivity contribution is 5.94. The first-order valence-electron chi connectivity index (χ1n) is 4.31. The zero-order valence-corrected chi connectivity index (χ0v) is 7.46. The molecule has 3 heteroatoms. The Balaban J connectivity index is 2.24. The van der Waals surface area contributed by atoms with Gasteiger partial charge in [-0.3, -0.25) is 4.79 Å². The Kier molecular flexibility index (Phi) is 2.40. The van der Waals surface area contributed by atoms with Gasteiger partial charge in [0.1, 0.15) is 0 Å². The number of nitrogens with zero attached hydrogens (tertiary/aromatic N) is 1. The molecule has 0 aromatic heterocycles. The second-order valence-electron chi connectivity index (χ2n) is 2.89. The predicted molar refractivity (Wildman–Crippen MR) is 52.9 cm³/mol. The molecule has 1 heterocycles. The van der Waals surface area contributed by atoms with Crippen molar-refractivity contribution in [2.24, 2.45) is 4.99 Å². The smallest absolute Gasteiger partial charge is 0.272 e. The molecule has 0 aliphatic carbocycles. The average molecular weight is 187 g/mol. The van der Waals surface area contributed by atoms with Crippen molar-refractivity contribution in [2.45, 2.75) is 6.10 Å². The van der Waals surface area contributed by atoms with E-state index in [1.54, 1.807) is 0 Å². The van der Waals surface area contributed by atoms with E-state index < -0.39 is 0 Å². The lowest BCUT2D eigenvalue weighted by atomic mass is 10.1. The SMILES string of the molecule is O=C1C=COC(c2ccccc2)C=N1. The van der Waals surface area contributed by atoms with Crippen LogP contribution in [0.3, 0.4) is 0 Å². The predicted octanol–water partition coefficient (Wildman–Crippen LogP) is 1.87. The monoisotopic (exact) mass is 187 g/mol. The van der Waals surface area contributed by atoms with Gasteiger partial charge in [-0.1, -0.05) is 30.3 Å². The maximum absolute atomic E-state index is 10.9. The summed E-state index contributed by atoms with van der Waals surface area (Å²) in [6.07, 6.45) is 3.93. The number of ether oxygens (including phenoxy) is 1. The zero-order valence-electron chi connectivity index (χ0n) is 7.46. The lowest BCUT2D eigenvalue weighted by molar-refractivity contribution is -0.113. The van der Waals surface area contributed by atoms with E-state index in [1.165, 1.54) is 18.6 Å². The van der Waals surface area contributed by atoms with Gasteiger partial charge in [-0.05, 0) is 5.56 Å². The van der Waals surface area contributed by atoms with Crippen molar-refractivity contribution in [3.63, 3.8) is 0 Å². The minimum atomic E-state index is -0.288. The fourth-order valence-electron chi connectivity index (χ4n) is 1.21. The van der Waals surface area contributed by atoms with Crippen molar-refractivity contribution >= 4 is 12.1 Å². The minimum Gasteiger partial charge on any atom is -0.487 e. The van der Waals surface area contributed by atoms with E-state index in [0.29, 0.717) is 0 Å². The first-order valence-corrected chi connectivity index (χ1v) is 4.31. The highest BCUT2D eigenvalue weighted by atomic mass is 16.5. The Hall–Kier alpha value is -1.90. The summed E-state index contributed by atoms with van der Waals surface area (Å²) in [5.74, 6) is -0.288. The van der Waals surface area contributed by atoms with E-state index in [0.717, 1.165) is 5.56 Å². The Morgan fingerprint density at radius 3 is 2.79 bits per heavy atom. The number of hydrogen-bond acceptors (Lipinski definition) is 2. The van der Waals surface area contributed by atoms with Crippen LogP contribution in [0.2, 0.25) is 0 Å². The van der Waals surface area contributed by atoms with Gasteiger partial charge in [-0.25, -0.2) is 4.99 Å². The molecule has 0 saturated heterocycles. The summed E-state index contributed by atoms with van der Waals surface area (Å²) in [6, 6.07) is 9.63. The quantitative estimate of drug-likeness (QED) is 0.673. The van der Waals surface area contributed by atoms with Gasteiger partial charge in [0.2, 0.25) is 0 Å². The summed E-state index contributed by atoms with van der Waals surface area (Å²) in [7, 11) is 0. The van der Waals surface area contributed by atoms with Crippen LogP contribution in [0.5, 0.6) is 0 Å². The van der Waals surface area contributed by atoms with Crippen molar-refractivity contribution in [1.29, 1.82) is 0 Å².